The van der Waals surface area contributed by atoms with Gasteiger partial charge in [0.1, 0.15) is 37.2 Å². The highest BCUT2D eigenvalue weighted by atomic mass is 35.5. The Hall–Kier alpha value is -8.91. The van der Waals surface area contributed by atoms with Crippen molar-refractivity contribution < 1.29 is 23.7 Å². The van der Waals surface area contributed by atoms with E-state index in [-0.39, 0.29) is 60.9 Å². The number of ether oxygens (including phenoxy) is 4. The number of amides is 1. The van der Waals surface area contributed by atoms with Gasteiger partial charge in [-0.2, -0.15) is 5.10 Å². The minimum absolute atomic E-state index is 0.0182. The second-order valence-corrected chi connectivity index (χ2v) is 46.5. The van der Waals surface area contributed by atoms with Gasteiger partial charge >= 0.3 is 0 Å². The first-order valence-electron chi connectivity index (χ1n) is 48.2. The van der Waals surface area contributed by atoms with E-state index < -0.39 is 0 Å². The summed E-state index contributed by atoms with van der Waals surface area (Å²) in [6, 6.07) is 27.9. The molecule has 16 rings (SSSR count). The second-order valence-electron chi connectivity index (χ2n) is 46.1. The van der Waals surface area contributed by atoms with Crippen molar-refractivity contribution in [1.29, 1.82) is 0 Å². The van der Waals surface area contributed by atoms with Gasteiger partial charge in [0.05, 0.1) is 67.4 Å². The third kappa shape index (κ3) is 36.1. The Morgan fingerprint density at radius 3 is 1.52 bits per heavy atom. The number of halogens is 1. The molecular formula is C107H161ClN18O6. The number of likely N-dealkylation sites (tertiary alicyclic amines) is 1. The zero-order valence-electron chi connectivity index (χ0n) is 85.4. The lowest BCUT2D eigenvalue weighted by atomic mass is 9.77. The third-order valence-corrected chi connectivity index (χ3v) is 24.5. The maximum Gasteiger partial charge on any atom is 0.249 e. The van der Waals surface area contributed by atoms with Crippen LogP contribution in [0.2, 0.25) is 5.02 Å². The lowest BCUT2D eigenvalue weighted by Crippen LogP contribution is -2.50. The van der Waals surface area contributed by atoms with E-state index >= 15 is 0 Å². The van der Waals surface area contributed by atoms with Crippen LogP contribution in [0.4, 0.5) is 5.82 Å². The smallest absolute Gasteiger partial charge is 0.249 e. The van der Waals surface area contributed by atoms with Gasteiger partial charge < -0.3 is 44.8 Å². The molecule has 5 N–H and O–H groups in total. The molecule has 2 aliphatic carbocycles. The van der Waals surface area contributed by atoms with Crippen LogP contribution in [0.3, 0.4) is 0 Å². The molecule has 0 atom stereocenters. The Labute approximate surface area is 795 Å². The number of nitrogens with zero attached hydrogens (tertiary/aromatic N) is 13. The van der Waals surface area contributed by atoms with Crippen LogP contribution in [0.5, 0.6) is 5.88 Å². The van der Waals surface area contributed by atoms with Gasteiger partial charge in [0.15, 0.2) is 0 Å². The van der Waals surface area contributed by atoms with E-state index in [9.17, 15) is 9.59 Å². The topological polar surface area (TPSA) is 297 Å². The fourth-order valence-corrected chi connectivity index (χ4v) is 15.8. The molecule has 14 heterocycles. The second kappa shape index (κ2) is 47.5. The van der Waals surface area contributed by atoms with Gasteiger partial charge in [-0.25, -0.2) is 39.9 Å². The quantitative estimate of drug-likeness (QED) is 0.0502. The maximum absolute atomic E-state index is 11.6. The third-order valence-electron chi connectivity index (χ3n) is 24.1. The number of carbonyl (C=O) groups excluding carboxylic acids is 1. The largest absolute Gasteiger partial charge is 0.472 e. The number of aromatic amines is 2. The van der Waals surface area contributed by atoms with Crippen LogP contribution in [0.25, 0.3) is 0 Å². The van der Waals surface area contributed by atoms with E-state index in [2.05, 4.69) is 333 Å². The molecule has 722 valence electrons. The van der Waals surface area contributed by atoms with E-state index in [4.69, 9.17) is 35.5 Å². The molecule has 24 nitrogen and oxygen atoms in total. The van der Waals surface area contributed by atoms with Crippen LogP contribution < -0.4 is 26.2 Å². The minimum atomic E-state index is -0.0368. The molecule has 0 radical (unpaired) electrons. The molecular weight excluding hydrogens is 1670 g/mol. The van der Waals surface area contributed by atoms with Crippen molar-refractivity contribution in [2.45, 2.75) is 326 Å². The Morgan fingerprint density at radius 2 is 1.02 bits per heavy atom. The Morgan fingerprint density at radius 1 is 0.500 bits per heavy atom. The number of hydrogen-bond acceptors (Lipinski definition) is 21. The summed E-state index contributed by atoms with van der Waals surface area (Å²) in [5.41, 5.74) is 18.7. The summed E-state index contributed by atoms with van der Waals surface area (Å²) in [6.07, 6.45) is 22.4. The van der Waals surface area contributed by atoms with Gasteiger partial charge in [0, 0.05) is 184 Å². The molecule has 5 saturated heterocycles. The van der Waals surface area contributed by atoms with Crippen LogP contribution in [-0.2, 0) is 101 Å². The lowest BCUT2D eigenvalue weighted by molar-refractivity contribution is -0.120. The van der Waals surface area contributed by atoms with Crippen molar-refractivity contribution in [2.24, 2.45) is 35.5 Å². The van der Waals surface area contributed by atoms with Crippen LogP contribution >= 0.6 is 11.6 Å². The molecule has 1 amide bonds. The fourth-order valence-electron chi connectivity index (χ4n) is 15.4. The number of nitrogens with one attached hydrogen (secondary N) is 5. The van der Waals surface area contributed by atoms with Gasteiger partial charge in [0.25, 0.3) is 0 Å². The number of pyridine rings is 4. The first-order valence-corrected chi connectivity index (χ1v) is 48.6. The monoisotopic (exact) mass is 1830 g/mol. The summed E-state index contributed by atoms with van der Waals surface area (Å²) in [7, 11) is 0. The molecule has 0 bridgehead atoms. The number of H-pyrrole nitrogens is 2. The van der Waals surface area contributed by atoms with Gasteiger partial charge in [-0.15, -0.1) is 0 Å². The summed E-state index contributed by atoms with van der Waals surface area (Å²) in [4.78, 5) is 75.9. The van der Waals surface area contributed by atoms with Gasteiger partial charge in [-0.1, -0.05) is 198 Å². The normalized spacial score (nSPS) is 17.4. The maximum atomic E-state index is 11.6. The molecule has 0 unspecified atom stereocenters. The number of anilines is 1. The molecule has 7 fully saturated rings. The summed E-state index contributed by atoms with van der Waals surface area (Å²) in [5.74, 6) is 5.78. The van der Waals surface area contributed by atoms with E-state index in [1.54, 1.807) is 38.3 Å². The molecule has 2 saturated carbocycles. The highest BCUT2D eigenvalue weighted by Crippen LogP contribution is 2.35. The number of aromatic nitrogens is 14. The average Bonchev–Trinajstić information content (AvgIpc) is 0.830. The highest BCUT2D eigenvalue weighted by molar-refractivity contribution is 6.31. The van der Waals surface area contributed by atoms with Gasteiger partial charge in [-0.3, -0.25) is 29.6 Å². The molecule has 5 aliphatic heterocycles. The zero-order valence-corrected chi connectivity index (χ0v) is 86.1. The first kappa shape index (κ1) is 107. The van der Waals surface area contributed by atoms with Gasteiger partial charge in [0.2, 0.25) is 17.3 Å². The molecule has 9 aromatic rings. The summed E-state index contributed by atoms with van der Waals surface area (Å²) in [5, 5.41) is 17.4. The predicted octanol–water partition coefficient (Wildman–Crippen LogP) is 19.7. The molecule has 0 spiro atoms. The summed E-state index contributed by atoms with van der Waals surface area (Å²) in [6.45, 7) is 71.0. The van der Waals surface area contributed by atoms with E-state index in [0.717, 1.165) is 190 Å². The molecule has 9 aromatic heterocycles. The average molecular weight is 1830 g/mol. The summed E-state index contributed by atoms with van der Waals surface area (Å²) >= 11 is 6.35. The molecule has 132 heavy (non-hydrogen) atoms. The van der Waals surface area contributed by atoms with Crippen LogP contribution in [0.1, 0.15) is 310 Å². The van der Waals surface area contributed by atoms with Crippen molar-refractivity contribution in [1.82, 2.24) is 85.5 Å². The van der Waals surface area contributed by atoms with Crippen molar-refractivity contribution in [3.8, 4) is 5.88 Å². The van der Waals surface area contributed by atoms with E-state index in [1.165, 1.54) is 72.8 Å². The van der Waals surface area contributed by atoms with Gasteiger partial charge in [-0.05, 0) is 177 Å². The lowest BCUT2D eigenvalue weighted by Gasteiger charge is -2.40. The van der Waals surface area contributed by atoms with Crippen molar-refractivity contribution in [3.63, 3.8) is 0 Å². The Bertz CT molecular complexity index is 4930. The first-order chi connectivity index (χ1) is 61.7. The fraction of sp³-hybridized carbons (Fsp3) is 0.626. The van der Waals surface area contributed by atoms with Crippen LogP contribution in [0.15, 0.2) is 121 Å². The highest BCUT2D eigenvalue weighted by Gasteiger charge is 2.33. The number of rotatable bonds is 19. The number of carbonyl (C=O) groups is 1. The standard InChI is InChI=1S/C16H27N3.C15H23N3O.C14H19N3.C13H20N2O.2C13H19NO.C12H17ClN2O.C11H17N3O/c1-12(2)8-19-9-13(10-19)6-14-7-15(16(3,4)5)18-11-17-14;1-10(19)18-13-6-11(7-13)5-12-8-14(15(2,3)4)17-9-16-12;1-10-7-13(17-16-10)9-12-8-11(5-6-15-12)14(2,3)4;1-13(2,3)9-7-11(15-12(16)8-9)14-10-5-4-6-10;1-13(2,3)12-7-10(4-5-14-12)6-11-8-15-9-11;1-13(2,3)12-6-4-5-11(14-12)7-10-8-15-9-10;1-12(2,3)11-10(13)9(14-7-15-11)4-8-5-16-6-8;1-11(2,3)9-4-10(14-7-13-9)15-8-5-12-6-8/h7,11-13H,6,8-10H2,1-5H3;8-9,11,13H,5-7H2,1-4H3,(H,18,19);5-8H,9H2,1-4H3,(H,16,17);7-8,10H,4-6H2,1-3H3,(H2,14,15,16);4-5,7,11H,6,8-9H2,1-3H3;4-6,10H,7-9H2,1-3H3;7-8H,4-6H2,1-3H3;4,7-8,12H,5-6H2,1-3H3. The SMILES string of the molecule is CC(=O)NC1CC(Cc2cc(C(C)(C)C)ncn2)C1.CC(C)(C)c1cc(CC2COC2)ccn1.CC(C)(C)c1cc(NC2CCC2)[nH]c(=O)c1.CC(C)(C)c1cc(OC2CNC2)ncn1.CC(C)(C)c1cccc(CC2COC2)n1.CC(C)(C)c1ncnc(CC2COC2)c1Cl.CC(C)CN1CC(Cc2cc(C(C)(C)C)ncn2)C1.Cc1cc(Cc2cc(C(C)(C)C)ccn2)n[nH]1. The van der Waals surface area contributed by atoms with Crippen molar-refractivity contribution in [2.75, 3.05) is 77.7 Å². The molecule has 0 aromatic carbocycles. The van der Waals surface area contributed by atoms with Crippen LogP contribution in [-0.4, -0.2) is 171 Å². The zero-order chi connectivity index (χ0) is 96.7. The summed E-state index contributed by atoms with van der Waals surface area (Å²) < 4.78 is 21.2. The molecule has 25 heteroatoms. The van der Waals surface area contributed by atoms with Crippen LogP contribution in [0, 0.1) is 42.4 Å². The number of aryl methyl sites for hydroxylation is 1. The van der Waals surface area contributed by atoms with E-state index in [0.29, 0.717) is 35.7 Å². The van der Waals surface area contributed by atoms with E-state index in [1.807, 2.05) is 25.4 Å². The van der Waals surface area contributed by atoms with Crippen molar-refractivity contribution >= 4 is 23.3 Å². The van der Waals surface area contributed by atoms with Crippen molar-refractivity contribution in [3.05, 3.63) is 223 Å². The minimum Gasteiger partial charge on any atom is -0.472 e. The number of hydrogen-bond donors (Lipinski definition) is 5. The molecule has 7 aliphatic rings. The predicted molar refractivity (Wildman–Crippen MR) is 534 cm³/mol. The Kier molecular flexibility index (Phi) is 38.4. The Balaban J connectivity index is 0.000000170.